The molecule has 3 heterocycles. The molecule has 0 spiro atoms. The number of carbonyl (C=O) groups excluding carboxylic acids is 2. The molecular weight excluding hydrogens is 406 g/mol. The molecule has 1 fully saturated rings. The van der Waals surface area contributed by atoms with Crippen LogP contribution in [-0.4, -0.2) is 58.0 Å². The van der Waals surface area contributed by atoms with Crippen LogP contribution in [0.5, 0.6) is 5.75 Å². The number of rotatable bonds is 8. The average Bonchev–Trinajstić information content (AvgIpc) is 3.08. The number of hydrogen-bond acceptors (Lipinski definition) is 6. The summed E-state index contributed by atoms with van der Waals surface area (Å²) >= 11 is 0. The SMILES string of the molecule is CCCOc1ccc(C2=C(N3CCCC(CO)C3)C(=O)N(Cc3ccccn3)C2=O)cc1. The summed E-state index contributed by atoms with van der Waals surface area (Å²) in [7, 11) is 0. The van der Waals surface area contributed by atoms with E-state index < -0.39 is 0 Å². The lowest BCUT2D eigenvalue weighted by Crippen LogP contribution is -2.40. The van der Waals surface area contributed by atoms with Crippen LogP contribution in [-0.2, 0) is 16.1 Å². The second-order valence-corrected chi connectivity index (χ2v) is 8.25. The number of aliphatic hydroxyl groups is 1. The molecule has 2 aliphatic heterocycles. The molecule has 0 aliphatic carbocycles. The Labute approximate surface area is 188 Å². The zero-order chi connectivity index (χ0) is 22.5. The first-order valence-corrected chi connectivity index (χ1v) is 11.2. The number of aliphatic hydroxyl groups excluding tert-OH is 1. The van der Waals surface area contributed by atoms with Crippen LogP contribution < -0.4 is 4.74 Å². The topological polar surface area (TPSA) is 83.0 Å². The second kappa shape index (κ2) is 9.96. The molecular formula is C25H29N3O4. The molecule has 1 atom stereocenters. The van der Waals surface area contributed by atoms with Crippen molar-refractivity contribution in [1.82, 2.24) is 14.8 Å². The van der Waals surface area contributed by atoms with Gasteiger partial charge in [0.25, 0.3) is 11.8 Å². The first-order valence-electron chi connectivity index (χ1n) is 11.2. The number of likely N-dealkylation sites (tertiary alicyclic amines) is 1. The number of piperidine rings is 1. The van der Waals surface area contributed by atoms with Crippen LogP contribution in [0.4, 0.5) is 0 Å². The van der Waals surface area contributed by atoms with E-state index >= 15 is 0 Å². The summed E-state index contributed by atoms with van der Waals surface area (Å²) in [6, 6.07) is 12.8. The average molecular weight is 436 g/mol. The van der Waals surface area contributed by atoms with Gasteiger partial charge in [-0.3, -0.25) is 19.5 Å². The van der Waals surface area contributed by atoms with Crippen LogP contribution in [0.25, 0.3) is 5.57 Å². The van der Waals surface area contributed by atoms with Crippen molar-refractivity contribution >= 4 is 17.4 Å². The number of aromatic nitrogens is 1. The van der Waals surface area contributed by atoms with E-state index in [0.29, 0.717) is 42.2 Å². The molecule has 168 valence electrons. The fraction of sp³-hybridized carbons (Fsp3) is 0.400. The Morgan fingerprint density at radius 2 is 1.94 bits per heavy atom. The highest BCUT2D eigenvalue weighted by Gasteiger charge is 2.42. The minimum atomic E-state index is -0.316. The summed E-state index contributed by atoms with van der Waals surface area (Å²) < 4.78 is 5.67. The van der Waals surface area contributed by atoms with Crippen molar-refractivity contribution in [2.45, 2.75) is 32.7 Å². The number of imide groups is 1. The molecule has 0 saturated carbocycles. The van der Waals surface area contributed by atoms with E-state index in [1.165, 1.54) is 4.90 Å². The number of hydrogen-bond donors (Lipinski definition) is 1. The number of nitrogens with zero attached hydrogens (tertiary/aromatic N) is 3. The maximum atomic E-state index is 13.5. The van der Waals surface area contributed by atoms with Crippen molar-refractivity contribution in [2.24, 2.45) is 5.92 Å². The first-order chi connectivity index (χ1) is 15.6. The summed E-state index contributed by atoms with van der Waals surface area (Å²) in [6.07, 6.45) is 4.35. The third kappa shape index (κ3) is 4.53. The van der Waals surface area contributed by atoms with Crippen LogP contribution in [0.1, 0.15) is 37.4 Å². The number of carbonyl (C=O) groups is 2. The Morgan fingerprint density at radius 1 is 1.12 bits per heavy atom. The summed E-state index contributed by atoms with van der Waals surface area (Å²) in [6.45, 7) is 4.11. The molecule has 2 amide bonds. The van der Waals surface area contributed by atoms with Gasteiger partial charge in [-0.25, -0.2) is 0 Å². The highest BCUT2D eigenvalue weighted by Crippen LogP contribution is 2.35. The van der Waals surface area contributed by atoms with E-state index in [0.717, 1.165) is 25.0 Å². The van der Waals surface area contributed by atoms with E-state index in [1.807, 2.05) is 42.2 Å². The number of pyridine rings is 1. The van der Waals surface area contributed by atoms with Gasteiger partial charge < -0.3 is 14.7 Å². The van der Waals surface area contributed by atoms with E-state index in [-0.39, 0.29) is 30.9 Å². The smallest absolute Gasteiger partial charge is 0.278 e. The summed E-state index contributed by atoms with van der Waals surface area (Å²) in [4.78, 5) is 34.5. The van der Waals surface area contributed by atoms with Gasteiger partial charge >= 0.3 is 0 Å². The fourth-order valence-corrected chi connectivity index (χ4v) is 4.27. The van der Waals surface area contributed by atoms with Gasteiger partial charge in [0.1, 0.15) is 11.4 Å². The monoisotopic (exact) mass is 435 g/mol. The van der Waals surface area contributed by atoms with Gasteiger partial charge in [-0.05, 0) is 55.0 Å². The molecule has 1 aromatic carbocycles. The summed E-state index contributed by atoms with van der Waals surface area (Å²) in [5.74, 6) is 0.206. The third-order valence-corrected chi connectivity index (χ3v) is 5.90. The fourth-order valence-electron chi connectivity index (χ4n) is 4.27. The Kier molecular flexibility index (Phi) is 6.85. The molecule has 2 aromatic rings. The standard InChI is InChI=1S/C25H29N3O4/c1-2-14-32-21-10-8-19(9-11-21)22-23(27-13-5-6-18(15-27)17-29)25(31)28(24(22)30)16-20-7-3-4-12-26-20/h3-4,7-12,18,29H,2,5-6,13-17H2,1H3. The van der Waals surface area contributed by atoms with Crippen LogP contribution in [0.3, 0.4) is 0 Å². The normalized spacial score (nSPS) is 19.1. The lowest BCUT2D eigenvalue weighted by molar-refractivity contribution is -0.138. The highest BCUT2D eigenvalue weighted by molar-refractivity contribution is 6.35. The Bertz CT molecular complexity index is 988. The Balaban J connectivity index is 1.69. The van der Waals surface area contributed by atoms with Gasteiger partial charge in [-0.1, -0.05) is 25.1 Å². The lowest BCUT2D eigenvalue weighted by atomic mass is 9.97. The molecule has 1 unspecified atom stereocenters. The number of benzene rings is 1. The zero-order valence-corrected chi connectivity index (χ0v) is 18.4. The van der Waals surface area contributed by atoms with Crippen LogP contribution in [0.2, 0.25) is 0 Å². The van der Waals surface area contributed by atoms with Gasteiger partial charge in [0.05, 0.1) is 24.4 Å². The third-order valence-electron chi connectivity index (χ3n) is 5.90. The van der Waals surface area contributed by atoms with E-state index in [1.54, 1.807) is 18.3 Å². The molecule has 0 bridgehead atoms. The van der Waals surface area contributed by atoms with Crippen molar-refractivity contribution in [1.29, 1.82) is 0 Å². The van der Waals surface area contributed by atoms with Gasteiger partial charge in [0.2, 0.25) is 0 Å². The highest BCUT2D eigenvalue weighted by atomic mass is 16.5. The largest absolute Gasteiger partial charge is 0.494 e. The van der Waals surface area contributed by atoms with E-state index in [4.69, 9.17) is 4.74 Å². The molecule has 1 saturated heterocycles. The van der Waals surface area contributed by atoms with Gasteiger partial charge in [-0.15, -0.1) is 0 Å². The van der Waals surface area contributed by atoms with E-state index in [2.05, 4.69) is 4.98 Å². The molecule has 4 rings (SSSR count). The van der Waals surface area contributed by atoms with Gasteiger partial charge in [0.15, 0.2) is 0 Å². The van der Waals surface area contributed by atoms with Crippen molar-refractivity contribution < 1.29 is 19.4 Å². The van der Waals surface area contributed by atoms with Crippen LogP contribution in [0, 0.1) is 5.92 Å². The van der Waals surface area contributed by atoms with Crippen molar-refractivity contribution in [3.63, 3.8) is 0 Å². The molecule has 1 N–H and O–H groups in total. The lowest BCUT2D eigenvalue weighted by Gasteiger charge is -2.34. The van der Waals surface area contributed by atoms with Crippen LogP contribution in [0.15, 0.2) is 54.4 Å². The Hall–Kier alpha value is -3.19. The second-order valence-electron chi connectivity index (χ2n) is 8.25. The molecule has 0 radical (unpaired) electrons. The quantitative estimate of drug-likeness (QED) is 0.642. The van der Waals surface area contributed by atoms with Crippen molar-refractivity contribution in [3.05, 3.63) is 65.6 Å². The molecule has 32 heavy (non-hydrogen) atoms. The van der Waals surface area contributed by atoms with Crippen molar-refractivity contribution in [3.8, 4) is 5.75 Å². The summed E-state index contributed by atoms with van der Waals surface area (Å²) in [5.41, 5.74) is 2.18. The maximum absolute atomic E-state index is 13.5. The summed E-state index contributed by atoms with van der Waals surface area (Å²) in [5, 5.41) is 9.67. The first kappa shape index (κ1) is 22.0. The predicted molar refractivity (Wildman–Crippen MR) is 120 cm³/mol. The van der Waals surface area contributed by atoms with Gasteiger partial charge in [0, 0.05) is 25.9 Å². The number of amides is 2. The Morgan fingerprint density at radius 3 is 2.62 bits per heavy atom. The molecule has 7 heteroatoms. The zero-order valence-electron chi connectivity index (χ0n) is 18.4. The van der Waals surface area contributed by atoms with Crippen LogP contribution >= 0.6 is 0 Å². The molecule has 1 aromatic heterocycles. The maximum Gasteiger partial charge on any atom is 0.278 e. The number of ether oxygens (including phenoxy) is 1. The minimum Gasteiger partial charge on any atom is -0.494 e. The molecule has 2 aliphatic rings. The van der Waals surface area contributed by atoms with Gasteiger partial charge in [-0.2, -0.15) is 0 Å². The molecule has 7 nitrogen and oxygen atoms in total. The predicted octanol–water partition coefficient (Wildman–Crippen LogP) is 2.85. The van der Waals surface area contributed by atoms with E-state index in [9.17, 15) is 14.7 Å². The minimum absolute atomic E-state index is 0.0718. The van der Waals surface area contributed by atoms with Crippen molar-refractivity contribution in [2.75, 3.05) is 26.3 Å².